The summed E-state index contributed by atoms with van der Waals surface area (Å²) in [5.41, 5.74) is 9.28. The summed E-state index contributed by atoms with van der Waals surface area (Å²) in [6.45, 7) is 7.66. The molecule has 6 aromatic rings. The normalized spacial score (nSPS) is 11.5. The molecule has 0 saturated heterocycles. The number of nitrogens with zero attached hydrogens (tertiary/aromatic N) is 6. The first-order chi connectivity index (χ1) is 23.5. The van der Waals surface area contributed by atoms with Gasteiger partial charge in [-0.1, -0.05) is 91.0 Å². The number of hydrogen-bond acceptors (Lipinski definition) is 6. The van der Waals surface area contributed by atoms with E-state index in [1.165, 1.54) is 6.92 Å². The van der Waals surface area contributed by atoms with Gasteiger partial charge in [0.1, 0.15) is 0 Å². The largest absolute Gasteiger partial charge is 2.00 e. The summed E-state index contributed by atoms with van der Waals surface area (Å²) in [5, 5.41) is 25.4. The number of carbonyl (C=O) groups is 1. The molecule has 252 valence electrons. The first-order valence-electron chi connectivity index (χ1n) is 15.6. The number of ether oxygens (including phenoxy) is 1. The summed E-state index contributed by atoms with van der Waals surface area (Å²) in [5.74, 6) is -3.49. The number of alkyl halides is 3. The van der Waals surface area contributed by atoms with E-state index in [-0.39, 0.29) is 32.2 Å². The minimum Gasteiger partial charge on any atom is -0.869 e. The zero-order valence-corrected chi connectivity index (χ0v) is 31.1. The molecule has 14 heteroatoms. The van der Waals surface area contributed by atoms with Crippen LogP contribution in [-0.2, 0) is 29.0 Å². The number of esters is 1. The van der Waals surface area contributed by atoms with E-state index in [1.807, 2.05) is 54.6 Å². The number of halogens is 3. The molecule has 0 N–H and O–H groups in total. The van der Waals surface area contributed by atoms with Crippen LogP contribution in [0.15, 0.2) is 121 Å². The van der Waals surface area contributed by atoms with E-state index < -0.39 is 25.0 Å². The molecule has 6 rings (SSSR count). The van der Waals surface area contributed by atoms with Gasteiger partial charge in [0.05, 0.1) is 23.7 Å². The van der Waals surface area contributed by atoms with Crippen LogP contribution in [0.25, 0.3) is 33.8 Å². The number of allylic oxidation sites excluding steroid dienone is 1. The third kappa shape index (κ3) is 8.86. The maximum absolute atomic E-state index is 11.5. The second-order valence-corrected chi connectivity index (χ2v) is 11.3. The third-order valence-electron chi connectivity index (χ3n) is 7.77. The van der Waals surface area contributed by atoms with Crippen LogP contribution in [0.5, 0.6) is 0 Å². The Morgan fingerprint density at radius 2 is 1.02 bits per heavy atom. The van der Waals surface area contributed by atoms with Gasteiger partial charge in [0.2, 0.25) is 0 Å². The van der Waals surface area contributed by atoms with Crippen LogP contribution in [0.2, 0.25) is 0 Å². The van der Waals surface area contributed by atoms with Gasteiger partial charge in [0, 0.05) is 22.8 Å². The Hall–Kier alpha value is -5.22. The molecule has 0 fully saturated rings. The second-order valence-electron chi connectivity index (χ2n) is 11.3. The van der Waals surface area contributed by atoms with Crippen molar-refractivity contribution in [3.05, 3.63) is 138 Å². The van der Waals surface area contributed by atoms with Gasteiger partial charge in [-0.3, -0.25) is 0 Å². The number of aromatic nitrogens is 6. The van der Waals surface area contributed by atoms with E-state index in [4.69, 9.17) is 15.3 Å². The summed E-state index contributed by atoms with van der Waals surface area (Å²) in [6.07, 6.45) is -5.13. The van der Waals surface area contributed by atoms with Crippen molar-refractivity contribution >= 4 is 13.1 Å². The smallest absolute Gasteiger partial charge is 0.869 e. The van der Waals surface area contributed by atoms with Crippen molar-refractivity contribution in [1.29, 1.82) is 0 Å². The molecule has 0 aliphatic heterocycles. The van der Waals surface area contributed by atoms with Crippen LogP contribution in [0, 0.1) is 20.8 Å². The van der Waals surface area contributed by atoms with E-state index in [0.29, 0.717) is 0 Å². The van der Waals surface area contributed by atoms with Gasteiger partial charge in [-0.25, -0.2) is 20.1 Å². The Morgan fingerprint density at radius 1 is 0.700 bits per heavy atom. The molecule has 0 saturated carbocycles. The predicted molar refractivity (Wildman–Crippen MR) is 181 cm³/mol. The summed E-state index contributed by atoms with van der Waals surface area (Å²) in [6, 6.07) is 37.3. The maximum atomic E-state index is 11.5. The quantitative estimate of drug-likeness (QED) is 0.0798. The molecule has 0 bridgehead atoms. The molecule has 0 atom stereocenters. The molecule has 3 aromatic heterocycles. The van der Waals surface area contributed by atoms with Crippen molar-refractivity contribution < 1.29 is 47.3 Å². The fourth-order valence-corrected chi connectivity index (χ4v) is 5.39. The number of benzene rings is 3. The van der Waals surface area contributed by atoms with E-state index >= 15 is 0 Å². The molecule has 0 aliphatic carbocycles. The van der Waals surface area contributed by atoms with Gasteiger partial charge in [-0.2, -0.15) is 13.2 Å². The molecule has 50 heavy (non-hydrogen) atoms. The van der Waals surface area contributed by atoms with Gasteiger partial charge >= 0.3 is 38.7 Å². The van der Waals surface area contributed by atoms with Crippen molar-refractivity contribution in [2.45, 2.75) is 33.9 Å². The van der Waals surface area contributed by atoms with Gasteiger partial charge in [0.15, 0.2) is 0 Å². The minimum absolute atomic E-state index is 0. The van der Waals surface area contributed by atoms with Crippen molar-refractivity contribution in [3.8, 4) is 33.8 Å². The molecule has 3 heterocycles. The fourth-order valence-electron chi connectivity index (χ4n) is 5.39. The van der Waals surface area contributed by atoms with Crippen molar-refractivity contribution in [2.24, 2.45) is 0 Å². The van der Waals surface area contributed by atoms with Gasteiger partial charge in [-0.15, -0.1) is 0 Å². The van der Waals surface area contributed by atoms with Gasteiger partial charge in [-0.05, 0) is 68.7 Å². The molecule has 0 aliphatic rings. The first-order valence-corrected chi connectivity index (χ1v) is 15.6. The summed E-state index contributed by atoms with van der Waals surface area (Å²) in [7, 11) is -1.55. The van der Waals surface area contributed by atoms with Crippen LogP contribution in [0.3, 0.4) is 0 Å². The Bertz CT molecular complexity index is 1850. The molecule has 0 unspecified atom stereocenters. The average Bonchev–Trinajstić information content (AvgIpc) is 3.79. The molecular formula is C36H34BF3N6O3Zn. The molecule has 0 amide bonds. The van der Waals surface area contributed by atoms with E-state index in [9.17, 15) is 23.1 Å². The molecule has 3 aromatic carbocycles. The zero-order chi connectivity index (χ0) is 35.1. The SMILES string of the molecule is CCOC(=O)/C=C(\[O-])C(F)(F)F.Cc1cc(-c2ccccc2)nn1[BH-](n1nc(-c2ccccc2)cc1C)n1nc(-c2ccccc2)cc1C.[Zn+2]. The van der Waals surface area contributed by atoms with Gasteiger partial charge in [0.25, 0.3) is 0 Å². The standard InChI is InChI=1S/C30H28BN6.C6H7F3O3.Zn/c1-22-19-28(25-13-7-4-8-14-25)32-35(22)31(36-23(2)20-29(33-36)26-15-9-5-10-16-26)37-24(3)21-30(34-37)27-17-11-6-12-18-27;1-2-12-5(11)3-4(10)6(7,8)9;/h4-21,31H,1-3H3;3,10H,2H2,1H3;/q-1;;+2/p-1/b;4-3-;. The van der Waals surface area contributed by atoms with Crippen LogP contribution in [0.1, 0.15) is 24.0 Å². The summed E-state index contributed by atoms with van der Waals surface area (Å²) >= 11 is 0. The van der Waals surface area contributed by atoms with Crippen LogP contribution < -0.4 is 5.11 Å². The Labute approximate surface area is 300 Å². The second kappa shape index (κ2) is 16.5. The van der Waals surface area contributed by atoms with E-state index in [1.54, 1.807) is 0 Å². The summed E-state index contributed by atoms with van der Waals surface area (Å²) < 4.78 is 44.8. The molecule has 9 nitrogen and oxygen atoms in total. The zero-order valence-electron chi connectivity index (χ0n) is 28.1. The first kappa shape index (κ1) is 37.6. The van der Waals surface area contributed by atoms with Gasteiger partial charge < -0.3 is 23.6 Å². The Morgan fingerprint density at radius 3 is 1.30 bits per heavy atom. The van der Waals surface area contributed by atoms with Crippen molar-refractivity contribution in [2.75, 3.05) is 6.61 Å². The Balaban J connectivity index is 0.000000373. The third-order valence-corrected chi connectivity index (χ3v) is 7.77. The predicted octanol–water partition coefficient (Wildman–Crippen LogP) is 6.22. The van der Waals surface area contributed by atoms with E-state index in [2.05, 4.69) is 93.9 Å². The molecule has 0 spiro atoms. The van der Waals surface area contributed by atoms with E-state index in [0.717, 1.165) is 50.9 Å². The number of rotatable bonds is 8. The maximum Gasteiger partial charge on any atom is 2.00 e. The minimum atomic E-state index is -5.01. The number of hydrogen-bond donors (Lipinski definition) is 0. The topological polar surface area (TPSA) is 103 Å². The number of aryl methyl sites for hydroxylation is 3. The van der Waals surface area contributed by atoms with Crippen LogP contribution in [0.4, 0.5) is 13.2 Å². The van der Waals surface area contributed by atoms with Crippen LogP contribution in [-0.4, -0.2) is 54.9 Å². The van der Waals surface area contributed by atoms with Crippen LogP contribution >= 0.6 is 0 Å². The molecular weight excluding hydrogens is 698 g/mol. The average molecular weight is 732 g/mol. The van der Waals surface area contributed by atoms with Crippen molar-refractivity contribution in [3.63, 3.8) is 0 Å². The summed E-state index contributed by atoms with van der Waals surface area (Å²) in [4.78, 5) is 10.3. The molecule has 0 radical (unpaired) electrons. The fraction of sp³-hybridized carbons (Fsp3) is 0.167. The Kier molecular flexibility index (Phi) is 12.4. The monoisotopic (exact) mass is 730 g/mol. The van der Waals surface area contributed by atoms with Crippen molar-refractivity contribution in [1.82, 2.24) is 29.1 Å². The number of carbonyl (C=O) groups excluding carboxylic acids is 1.